The van der Waals surface area contributed by atoms with E-state index >= 15 is 0 Å². The zero-order valence-corrected chi connectivity index (χ0v) is 17.4. The van der Waals surface area contributed by atoms with Crippen LogP contribution in [0, 0.1) is 0 Å². The minimum absolute atomic E-state index is 0.0950. The van der Waals surface area contributed by atoms with Gasteiger partial charge in [0.05, 0.1) is 0 Å². The van der Waals surface area contributed by atoms with Gasteiger partial charge in [0.2, 0.25) is 0 Å². The number of hydrogen-bond acceptors (Lipinski definition) is 3. The lowest BCUT2D eigenvalue weighted by atomic mass is 9.78. The van der Waals surface area contributed by atoms with Crippen LogP contribution in [0.1, 0.15) is 70.7 Å². The Kier molecular flexibility index (Phi) is 6.13. The van der Waals surface area contributed by atoms with E-state index in [0.29, 0.717) is 5.75 Å². The quantitative estimate of drug-likeness (QED) is 0.780. The van der Waals surface area contributed by atoms with Crippen molar-refractivity contribution < 1.29 is 5.11 Å². The maximum atomic E-state index is 10.9. The van der Waals surface area contributed by atoms with Crippen molar-refractivity contribution in [1.29, 1.82) is 0 Å². The zero-order chi connectivity index (χ0) is 19.5. The molecule has 26 heavy (non-hydrogen) atoms. The minimum atomic E-state index is -0.0950. The van der Waals surface area contributed by atoms with Gasteiger partial charge in [-0.15, -0.1) is 0 Å². The first-order chi connectivity index (χ1) is 12.0. The highest BCUT2D eigenvalue weighted by molar-refractivity contribution is 5.49. The van der Waals surface area contributed by atoms with Crippen molar-refractivity contribution in [3.63, 3.8) is 0 Å². The topological polar surface area (TPSA) is 36.4 Å². The molecule has 1 aromatic heterocycles. The highest BCUT2D eigenvalue weighted by Gasteiger charge is 2.26. The molecule has 0 fully saturated rings. The van der Waals surface area contributed by atoms with Crippen molar-refractivity contribution >= 4 is 0 Å². The predicted octanol–water partition coefficient (Wildman–Crippen LogP) is 5.40. The smallest absolute Gasteiger partial charge is 0.123 e. The summed E-state index contributed by atoms with van der Waals surface area (Å²) in [6.45, 7) is 17.9. The lowest BCUT2D eigenvalue weighted by molar-refractivity contribution is 0.270. The summed E-state index contributed by atoms with van der Waals surface area (Å²) in [5.41, 5.74) is 4.39. The largest absolute Gasteiger partial charge is 0.507 e. The zero-order valence-electron chi connectivity index (χ0n) is 17.4. The van der Waals surface area contributed by atoms with Crippen molar-refractivity contribution in [3.05, 3.63) is 58.9 Å². The molecule has 0 unspecified atom stereocenters. The van der Waals surface area contributed by atoms with Crippen LogP contribution in [-0.4, -0.2) is 21.5 Å². The molecule has 0 bridgehead atoms. The van der Waals surface area contributed by atoms with E-state index in [0.717, 1.165) is 30.8 Å². The van der Waals surface area contributed by atoms with Crippen LogP contribution in [0.4, 0.5) is 0 Å². The minimum Gasteiger partial charge on any atom is -0.507 e. The normalized spacial score (nSPS) is 12.6. The number of rotatable bonds is 5. The molecular weight excluding hydrogens is 320 g/mol. The van der Waals surface area contributed by atoms with E-state index in [-0.39, 0.29) is 10.8 Å². The number of phenols is 1. The van der Waals surface area contributed by atoms with Crippen molar-refractivity contribution in [3.8, 4) is 5.75 Å². The van der Waals surface area contributed by atoms with Gasteiger partial charge >= 0.3 is 0 Å². The standard InChI is InChI=1S/C23H34N2O/c1-8-25(15-17-9-11-24-12-10-17)16-18-13-19(22(2,3)4)21(26)20(14-18)23(5,6)7/h9-14,26H,8,15-16H2,1-7H3. The Hall–Kier alpha value is -1.87. The van der Waals surface area contributed by atoms with Crippen LogP contribution in [0.3, 0.4) is 0 Å². The maximum absolute atomic E-state index is 10.9. The fraction of sp³-hybridized carbons (Fsp3) is 0.522. The number of aromatic hydroxyl groups is 1. The van der Waals surface area contributed by atoms with Crippen LogP contribution in [0.5, 0.6) is 5.75 Å². The molecule has 1 heterocycles. The van der Waals surface area contributed by atoms with Crippen LogP contribution in [0.15, 0.2) is 36.7 Å². The molecule has 0 atom stereocenters. The van der Waals surface area contributed by atoms with Gasteiger partial charge in [0.25, 0.3) is 0 Å². The molecule has 3 nitrogen and oxygen atoms in total. The van der Waals surface area contributed by atoms with Gasteiger partial charge in [-0.3, -0.25) is 9.88 Å². The molecule has 142 valence electrons. The van der Waals surface area contributed by atoms with Crippen LogP contribution in [-0.2, 0) is 23.9 Å². The number of hydrogen-bond donors (Lipinski definition) is 1. The fourth-order valence-corrected chi connectivity index (χ4v) is 3.21. The second kappa shape index (κ2) is 7.79. The van der Waals surface area contributed by atoms with Crippen LogP contribution >= 0.6 is 0 Å². The van der Waals surface area contributed by atoms with Gasteiger partial charge in [0, 0.05) is 25.5 Å². The van der Waals surface area contributed by atoms with Gasteiger partial charge in [-0.1, -0.05) is 60.6 Å². The van der Waals surface area contributed by atoms with E-state index in [9.17, 15) is 5.11 Å². The van der Waals surface area contributed by atoms with Gasteiger partial charge in [-0.2, -0.15) is 0 Å². The molecule has 0 saturated heterocycles. The summed E-state index contributed by atoms with van der Waals surface area (Å²) in [4.78, 5) is 6.52. The van der Waals surface area contributed by atoms with E-state index in [1.165, 1.54) is 11.1 Å². The van der Waals surface area contributed by atoms with E-state index in [1.54, 1.807) is 0 Å². The first-order valence-electron chi connectivity index (χ1n) is 9.50. The Morgan fingerprint density at radius 1 is 0.846 bits per heavy atom. The van der Waals surface area contributed by atoms with Gasteiger partial charge in [-0.25, -0.2) is 0 Å². The lowest BCUT2D eigenvalue weighted by Crippen LogP contribution is -2.24. The maximum Gasteiger partial charge on any atom is 0.123 e. The summed E-state index contributed by atoms with van der Waals surface area (Å²) in [6.07, 6.45) is 3.69. The van der Waals surface area contributed by atoms with Crippen LogP contribution in [0.25, 0.3) is 0 Å². The Bertz CT molecular complexity index is 689. The van der Waals surface area contributed by atoms with E-state index in [2.05, 4.69) is 82.6 Å². The van der Waals surface area contributed by atoms with Gasteiger partial charge in [-0.05, 0) is 51.8 Å². The summed E-state index contributed by atoms with van der Waals surface area (Å²) in [6, 6.07) is 8.50. The summed E-state index contributed by atoms with van der Waals surface area (Å²) in [5.74, 6) is 0.450. The van der Waals surface area contributed by atoms with Crippen molar-refractivity contribution in [2.45, 2.75) is 72.4 Å². The Morgan fingerprint density at radius 2 is 1.31 bits per heavy atom. The lowest BCUT2D eigenvalue weighted by Gasteiger charge is -2.29. The molecule has 1 N–H and O–H groups in total. The van der Waals surface area contributed by atoms with Gasteiger partial charge in [0.15, 0.2) is 0 Å². The summed E-state index contributed by atoms with van der Waals surface area (Å²) in [5, 5.41) is 10.9. The number of nitrogens with zero attached hydrogens (tertiary/aromatic N) is 2. The molecule has 0 aliphatic carbocycles. The average molecular weight is 355 g/mol. The van der Waals surface area contributed by atoms with Crippen molar-refractivity contribution in [2.75, 3.05) is 6.54 Å². The Balaban J connectivity index is 2.38. The molecule has 2 rings (SSSR count). The second-order valence-electron chi connectivity index (χ2n) is 9.20. The first-order valence-corrected chi connectivity index (χ1v) is 9.50. The SMILES string of the molecule is CCN(Cc1ccncc1)Cc1cc(C(C)(C)C)c(O)c(C(C)(C)C)c1. The second-order valence-corrected chi connectivity index (χ2v) is 9.20. The van der Waals surface area contributed by atoms with Crippen molar-refractivity contribution in [1.82, 2.24) is 9.88 Å². The van der Waals surface area contributed by atoms with Gasteiger partial charge < -0.3 is 5.11 Å². The Morgan fingerprint density at radius 3 is 1.73 bits per heavy atom. The highest BCUT2D eigenvalue weighted by atomic mass is 16.3. The van der Waals surface area contributed by atoms with E-state index in [4.69, 9.17) is 0 Å². The molecule has 0 spiro atoms. The van der Waals surface area contributed by atoms with Crippen LogP contribution < -0.4 is 0 Å². The number of phenolic OH excluding ortho intramolecular Hbond substituents is 1. The molecule has 0 amide bonds. The molecule has 2 aromatic rings. The molecule has 1 aromatic carbocycles. The third-order valence-corrected chi connectivity index (χ3v) is 4.79. The molecule has 0 radical (unpaired) electrons. The summed E-state index contributed by atoms with van der Waals surface area (Å²) < 4.78 is 0. The molecule has 0 aliphatic rings. The highest BCUT2D eigenvalue weighted by Crippen LogP contribution is 2.40. The first kappa shape index (κ1) is 20.4. The monoisotopic (exact) mass is 354 g/mol. The van der Waals surface area contributed by atoms with Crippen molar-refractivity contribution in [2.24, 2.45) is 0 Å². The Labute approximate surface area is 159 Å². The average Bonchev–Trinajstić information content (AvgIpc) is 2.54. The fourth-order valence-electron chi connectivity index (χ4n) is 3.21. The van der Waals surface area contributed by atoms with E-state index in [1.807, 2.05) is 12.4 Å². The van der Waals surface area contributed by atoms with Crippen LogP contribution in [0.2, 0.25) is 0 Å². The summed E-state index contributed by atoms with van der Waals surface area (Å²) in [7, 11) is 0. The predicted molar refractivity (Wildman–Crippen MR) is 110 cm³/mol. The third-order valence-electron chi connectivity index (χ3n) is 4.79. The van der Waals surface area contributed by atoms with E-state index < -0.39 is 0 Å². The number of benzene rings is 1. The number of pyridine rings is 1. The van der Waals surface area contributed by atoms with Gasteiger partial charge in [0.1, 0.15) is 5.75 Å². The third kappa shape index (κ3) is 5.07. The summed E-state index contributed by atoms with van der Waals surface area (Å²) >= 11 is 0. The molecule has 0 aliphatic heterocycles. The molecular formula is C23H34N2O. The molecule has 3 heteroatoms. The molecule has 0 saturated carbocycles. The number of aromatic nitrogens is 1.